The van der Waals surface area contributed by atoms with E-state index in [9.17, 15) is 4.79 Å². The molecular formula is C29H34N4O2S. The van der Waals surface area contributed by atoms with Gasteiger partial charge in [0, 0.05) is 30.5 Å². The Morgan fingerprint density at radius 2 is 2.03 bits per heavy atom. The summed E-state index contributed by atoms with van der Waals surface area (Å²) in [7, 11) is 2.17. The first-order valence-electron chi connectivity index (χ1n) is 13.2. The summed E-state index contributed by atoms with van der Waals surface area (Å²) in [5.74, 6) is 1.59. The zero-order valence-electron chi connectivity index (χ0n) is 20.8. The smallest absolute Gasteiger partial charge is 0.251 e. The van der Waals surface area contributed by atoms with Crippen LogP contribution in [0.4, 0.5) is 0 Å². The Balaban J connectivity index is 1.19. The van der Waals surface area contributed by atoms with Crippen LogP contribution in [0.1, 0.15) is 72.6 Å². The number of allylic oxidation sites excluding steroid dienone is 4. The SMILES string of the molecule is CN1CCC(OC2=CC=C(c3n[nH]c4ccc(C(=O)NC(c5ccsc5)C5CCC5)cc34)CC2)CC1. The predicted molar refractivity (Wildman–Crippen MR) is 145 cm³/mol. The van der Waals surface area contributed by atoms with Crippen molar-refractivity contribution in [3.05, 3.63) is 69.8 Å². The number of hydrogen-bond donors (Lipinski definition) is 2. The molecule has 6 rings (SSSR count). The van der Waals surface area contributed by atoms with E-state index in [1.54, 1.807) is 11.3 Å². The zero-order valence-corrected chi connectivity index (χ0v) is 21.7. The van der Waals surface area contributed by atoms with Gasteiger partial charge in [-0.2, -0.15) is 16.4 Å². The van der Waals surface area contributed by atoms with Crippen molar-refractivity contribution < 1.29 is 9.53 Å². The summed E-state index contributed by atoms with van der Waals surface area (Å²) in [6, 6.07) is 8.08. The Bertz CT molecular complexity index is 1280. The summed E-state index contributed by atoms with van der Waals surface area (Å²) in [4.78, 5) is 15.7. The van der Waals surface area contributed by atoms with Gasteiger partial charge in [-0.3, -0.25) is 9.89 Å². The van der Waals surface area contributed by atoms with Crippen LogP contribution in [-0.4, -0.2) is 47.2 Å². The highest BCUT2D eigenvalue weighted by atomic mass is 32.1. The Hall–Kier alpha value is -2.90. The molecular weight excluding hydrogens is 468 g/mol. The predicted octanol–water partition coefficient (Wildman–Crippen LogP) is 6.07. The van der Waals surface area contributed by atoms with Gasteiger partial charge in [0.25, 0.3) is 5.91 Å². The first-order chi connectivity index (χ1) is 17.6. The van der Waals surface area contributed by atoms with E-state index >= 15 is 0 Å². The minimum Gasteiger partial charge on any atom is -0.495 e. The van der Waals surface area contributed by atoms with E-state index in [0.29, 0.717) is 17.6 Å². The number of carbonyl (C=O) groups is 1. The Kier molecular flexibility index (Phi) is 6.67. The summed E-state index contributed by atoms with van der Waals surface area (Å²) >= 11 is 1.69. The van der Waals surface area contributed by atoms with E-state index in [1.807, 2.05) is 18.2 Å². The van der Waals surface area contributed by atoms with Gasteiger partial charge in [-0.25, -0.2) is 0 Å². The van der Waals surface area contributed by atoms with Crippen molar-refractivity contribution in [3.8, 4) is 0 Å². The summed E-state index contributed by atoms with van der Waals surface area (Å²) in [6.45, 7) is 2.20. The first-order valence-corrected chi connectivity index (χ1v) is 14.1. The van der Waals surface area contributed by atoms with E-state index < -0.39 is 0 Å². The van der Waals surface area contributed by atoms with E-state index in [0.717, 1.165) is 61.1 Å². The third kappa shape index (κ3) is 4.87. The lowest BCUT2D eigenvalue weighted by molar-refractivity contribution is 0.0539. The van der Waals surface area contributed by atoms with E-state index in [2.05, 4.69) is 56.4 Å². The number of thiophene rings is 1. The van der Waals surface area contributed by atoms with Crippen LogP contribution in [0.2, 0.25) is 0 Å². The normalized spacial score (nSPS) is 20.5. The van der Waals surface area contributed by atoms with Gasteiger partial charge in [0.05, 0.1) is 23.0 Å². The molecule has 1 aromatic carbocycles. The van der Waals surface area contributed by atoms with Gasteiger partial charge in [0.15, 0.2) is 0 Å². The number of benzene rings is 1. The molecule has 6 nitrogen and oxygen atoms in total. The van der Waals surface area contributed by atoms with Crippen LogP contribution in [0.15, 0.2) is 52.9 Å². The molecule has 1 aliphatic heterocycles. The highest BCUT2D eigenvalue weighted by Gasteiger charge is 2.30. The number of rotatable bonds is 7. The third-order valence-electron chi connectivity index (χ3n) is 8.03. The first kappa shape index (κ1) is 23.5. The fourth-order valence-electron chi connectivity index (χ4n) is 5.55. The van der Waals surface area contributed by atoms with Crippen LogP contribution in [0.25, 0.3) is 16.5 Å². The highest BCUT2D eigenvalue weighted by Crippen LogP contribution is 2.39. The molecule has 2 aromatic heterocycles. The van der Waals surface area contributed by atoms with Crippen molar-refractivity contribution in [3.63, 3.8) is 0 Å². The summed E-state index contributed by atoms with van der Waals surface area (Å²) in [5, 5.41) is 16.4. The largest absolute Gasteiger partial charge is 0.495 e. The molecule has 1 saturated heterocycles. The lowest BCUT2D eigenvalue weighted by Crippen LogP contribution is -2.36. The van der Waals surface area contributed by atoms with Crippen molar-refractivity contribution in [2.45, 2.75) is 57.1 Å². The third-order valence-corrected chi connectivity index (χ3v) is 8.74. The molecule has 1 atom stereocenters. The number of aromatic nitrogens is 2. The molecule has 0 radical (unpaired) electrons. The van der Waals surface area contributed by atoms with Gasteiger partial charge in [0.1, 0.15) is 6.10 Å². The van der Waals surface area contributed by atoms with Crippen LogP contribution in [0, 0.1) is 5.92 Å². The Morgan fingerprint density at radius 1 is 1.17 bits per heavy atom. The Labute approximate surface area is 216 Å². The van der Waals surface area contributed by atoms with E-state index in [4.69, 9.17) is 4.74 Å². The number of likely N-dealkylation sites (tertiary alicyclic amines) is 1. The number of nitrogens with zero attached hydrogens (tertiary/aromatic N) is 2. The number of ether oxygens (including phenoxy) is 1. The fourth-order valence-corrected chi connectivity index (χ4v) is 6.25. The number of nitrogens with one attached hydrogen (secondary N) is 2. The monoisotopic (exact) mass is 502 g/mol. The second-order valence-corrected chi connectivity index (χ2v) is 11.3. The molecule has 2 aliphatic carbocycles. The number of H-pyrrole nitrogens is 1. The highest BCUT2D eigenvalue weighted by molar-refractivity contribution is 7.08. The van der Waals surface area contributed by atoms with Crippen molar-refractivity contribution in [1.82, 2.24) is 20.4 Å². The summed E-state index contributed by atoms with van der Waals surface area (Å²) < 4.78 is 6.29. The standard InChI is InChI=1S/C29H34N4O2S/c1-33-14-11-24(12-15-33)35-23-8-5-20(6-9-23)28-25-17-21(7-10-26(25)31-32-28)29(34)30-27(19-3-2-4-19)22-13-16-36-18-22/h5,7-8,10,13,16-19,24,27H,2-4,6,9,11-12,14-15H2,1H3,(H,30,34)(H,31,32). The topological polar surface area (TPSA) is 70.2 Å². The maximum absolute atomic E-state index is 13.3. The average molecular weight is 503 g/mol. The average Bonchev–Trinajstić information content (AvgIpc) is 3.54. The molecule has 7 heteroatoms. The fraction of sp³-hybridized carbons (Fsp3) is 0.448. The molecule has 1 saturated carbocycles. The van der Waals surface area contributed by atoms with E-state index in [1.165, 1.54) is 30.4 Å². The lowest BCUT2D eigenvalue weighted by atomic mass is 9.77. The van der Waals surface area contributed by atoms with Crippen LogP contribution in [0.5, 0.6) is 0 Å². The molecule has 3 heterocycles. The molecule has 1 unspecified atom stereocenters. The lowest BCUT2D eigenvalue weighted by Gasteiger charge is -2.34. The van der Waals surface area contributed by atoms with Gasteiger partial charge >= 0.3 is 0 Å². The number of hydrogen-bond acceptors (Lipinski definition) is 5. The maximum Gasteiger partial charge on any atom is 0.251 e. The summed E-state index contributed by atoms with van der Waals surface area (Å²) in [6.07, 6.45) is 12.1. The molecule has 36 heavy (non-hydrogen) atoms. The van der Waals surface area contributed by atoms with Crippen LogP contribution >= 0.6 is 11.3 Å². The van der Waals surface area contributed by atoms with Crippen molar-refractivity contribution >= 4 is 33.7 Å². The van der Waals surface area contributed by atoms with Gasteiger partial charge in [-0.1, -0.05) is 12.5 Å². The van der Waals surface area contributed by atoms with Crippen LogP contribution in [0.3, 0.4) is 0 Å². The molecule has 188 valence electrons. The number of aromatic amines is 1. The van der Waals surface area contributed by atoms with Crippen molar-refractivity contribution in [2.75, 3.05) is 20.1 Å². The molecule has 3 aliphatic rings. The molecule has 0 spiro atoms. The number of fused-ring (bicyclic) bond motifs is 1. The molecule has 2 N–H and O–H groups in total. The summed E-state index contributed by atoms with van der Waals surface area (Å²) in [5.41, 5.74) is 4.97. The molecule has 3 aromatic rings. The number of carbonyl (C=O) groups excluding carboxylic acids is 1. The number of amides is 1. The van der Waals surface area contributed by atoms with Crippen molar-refractivity contribution in [2.24, 2.45) is 5.92 Å². The maximum atomic E-state index is 13.3. The zero-order chi connectivity index (χ0) is 24.5. The van der Waals surface area contributed by atoms with Gasteiger partial charge in [0.2, 0.25) is 0 Å². The van der Waals surface area contributed by atoms with Gasteiger partial charge in [-0.15, -0.1) is 0 Å². The molecule has 2 fully saturated rings. The second kappa shape index (κ2) is 10.2. The molecule has 0 bridgehead atoms. The van der Waals surface area contributed by atoms with Crippen LogP contribution < -0.4 is 5.32 Å². The van der Waals surface area contributed by atoms with Crippen molar-refractivity contribution in [1.29, 1.82) is 0 Å². The van der Waals surface area contributed by atoms with E-state index in [-0.39, 0.29) is 11.9 Å². The second-order valence-electron chi connectivity index (χ2n) is 10.5. The quantitative estimate of drug-likeness (QED) is 0.412. The molecule has 1 amide bonds. The number of piperidine rings is 1. The van der Waals surface area contributed by atoms with Gasteiger partial charge in [-0.05, 0) is 97.3 Å². The minimum absolute atomic E-state index is 0.0153. The Morgan fingerprint density at radius 3 is 2.72 bits per heavy atom. The van der Waals surface area contributed by atoms with Gasteiger partial charge < -0.3 is 15.0 Å². The van der Waals surface area contributed by atoms with Crippen LogP contribution in [-0.2, 0) is 4.74 Å². The minimum atomic E-state index is -0.0153.